The van der Waals surface area contributed by atoms with Crippen molar-refractivity contribution in [2.75, 3.05) is 23.8 Å². The number of nitrogens with zero attached hydrogens (tertiary/aromatic N) is 1. The molecule has 8 heteroatoms. The molecule has 1 heterocycles. The number of hydrogen-bond acceptors (Lipinski definition) is 6. The van der Waals surface area contributed by atoms with E-state index in [1.165, 1.54) is 0 Å². The van der Waals surface area contributed by atoms with Crippen molar-refractivity contribution in [3.63, 3.8) is 0 Å². The molecule has 1 aliphatic carbocycles. The fraction of sp³-hybridized carbons (Fsp3) is 0.556. The number of anilines is 1. The van der Waals surface area contributed by atoms with Crippen molar-refractivity contribution in [2.24, 2.45) is 0 Å². The van der Waals surface area contributed by atoms with Gasteiger partial charge in [0.15, 0.2) is 16.4 Å². The molecule has 2 N–H and O–H groups in total. The Morgan fingerprint density at radius 1 is 1.08 bits per heavy atom. The Morgan fingerprint density at radius 2 is 1.73 bits per heavy atom. The van der Waals surface area contributed by atoms with Gasteiger partial charge in [-0.1, -0.05) is 12.8 Å². The number of carbonyl (C=O) groups excluding carboxylic acids is 2. The smallest absolute Gasteiger partial charge is 0.338 e. The van der Waals surface area contributed by atoms with Crippen LogP contribution in [0.1, 0.15) is 42.5 Å². The Morgan fingerprint density at radius 3 is 2.31 bits per heavy atom. The second-order valence-corrected chi connectivity index (χ2v) is 9.22. The molecule has 1 aromatic carbocycles. The average Bonchev–Trinajstić information content (AvgIpc) is 3.24. The van der Waals surface area contributed by atoms with E-state index in [0.29, 0.717) is 17.7 Å². The van der Waals surface area contributed by atoms with E-state index in [9.17, 15) is 18.0 Å². The van der Waals surface area contributed by atoms with Crippen LogP contribution in [0.15, 0.2) is 24.3 Å². The molecule has 0 bridgehead atoms. The molecule has 3 rings (SSSR count). The molecule has 1 saturated heterocycles. The van der Waals surface area contributed by atoms with Crippen LogP contribution in [0, 0.1) is 0 Å². The maximum Gasteiger partial charge on any atom is 0.338 e. The summed E-state index contributed by atoms with van der Waals surface area (Å²) in [6.07, 6.45) is 4.25. The number of amides is 1. The van der Waals surface area contributed by atoms with E-state index < -0.39 is 15.8 Å². The number of nitrogens with two attached hydrogens (primary N) is 1. The summed E-state index contributed by atoms with van der Waals surface area (Å²) in [6.45, 7) is -0.379. The minimum absolute atomic E-state index is 0.00114. The van der Waals surface area contributed by atoms with Crippen LogP contribution < -0.4 is 5.73 Å². The first kappa shape index (κ1) is 18.7. The molecule has 1 saturated carbocycles. The third-order valence-electron chi connectivity index (χ3n) is 5.08. The molecule has 2 aliphatic rings. The summed E-state index contributed by atoms with van der Waals surface area (Å²) < 4.78 is 28.8. The highest BCUT2D eigenvalue weighted by atomic mass is 32.2. The van der Waals surface area contributed by atoms with Gasteiger partial charge in [0.2, 0.25) is 0 Å². The molecule has 2 fully saturated rings. The summed E-state index contributed by atoms with van der Waals surface area (Å²) in [7, 11) is -3.10. The molecule has 142 valence electrons. The number of carbonyl (C=O) groups is 2. The summed E-state index contributed by atoms with van der Waals surface area (Å²) in [5.41, 5.74) is 6.45. The molecule has 0 unspecified atom stereocenters. The SMILES string of the molecule is Nc1ccc(C(=O)OCC(=O)N(C2CCCC2)[C@H]2CCS(=O)(=O)C2)cc1. The van der Waals surface area contributed by atoms with E-state index in [2.05, 4.69) is 0 Å². The van der Waals surface area contributed by atoms with Gasteiger partial charge in [0.25, 0.3) is 5.91 Å². The summed E-state index contributed by atoms with van der Waals surface area (Å²) in [5, 5.41) is 0. The van der Waals surface area contributed by atoms with Crippen molar-refractivity contribution in [3.8, 4) is 0 Å². The van der Waals surface area contributed by atoms with E-state index in [4.69, 9.17) is 10.5 Å². The third-order valence-corrected chi connectivity index (χ3v) is 6.83. The van der Waals surface area contributed by atoms with Gasteiger partial charge in [-0.15, -0.1) is 0 Å². The maximum absolute atomic E-state index is 12.8. The van der Waals surface area contributed by atoms with Gasteiger partial charge < -0.3 is 15.4 Å². The van der Waals surface area contributed by atoms with Gasteiger partial charge in [-0.3, -0.25) is 4.79 Å². The van der Waals surface area contributed by atoms with Gasteiger partial charge >= 0.3 is 5.97 Å². The summed E-state index contributed by atoms with van der Waals surface area (Å²) in [5.74, 6) is -0.799. The van der Waals surface area contributed by atoms with Gasteiger partial charge in [-0.05, 0) is 43.5 Å². The van der Waals surface area contributed by atoms with Crippen LogP contribution in [0.4, 0.5) is 5.69 Å². The summed E-state index contributed by atoms with van der Waals surface area (Å²) in [6, 6.07) is 5.99. The molecule has 1 atom stereocenters. The largest absolute Gasteiger partial charge is 0.452 e. The van der Waals surface area contributed by atoms with E-state index in [0.717, 1.165) is 25.7 Å². The fourth-order valence-corrected chi connectivity index (χ4v) is 5.50. The highest BCUT2D eigenvalue weighted by molar-refractivity contribution is 7.91. The zero-order valence-corrected chi connectivity index (χ0v) is 15.4. The zero-order chi connectivity index (χ0) is 18.7. The summed E-state index contributed by atoms with van der Waals surface area (Å²) >= 11 is 0. The average molecular weight is 380 g/mol. The Bertz CT molecular complexity index is 769. The van der Waals surface area contributed by atoms with Crippen molar-refractivity contribution in [1.82, 2.24) is 4.90 Å². The van der Waals surface area contributed by atoms with E-state index in [1.807, 2.05) is 0 Å². The van der Waals surface area contributed by atoms with E-state index in [-0.39, 0.29) is 36.1 Å². The highest BCUT2D eigenvalue weighted by Gasteiger charge is 2.39. The topological polar surface area (TPSA) is 107 Å². The van der Waals surface area contributed by atoms with Gasteiger partial charge in [0.05, 0.1) is 17.1 Å². The molecular formula is C18H24N2O5S. The molecule has 1 amide bonds. The van der Waals surface area contributed by atoms with Gasteiger partial charge in [0, 0.05) is 17.8 Å². The first-order valence-electron chi connectivity index (χ1n) is 8.90. The lowest BCUT2D eigenvalue weighted by molar-refractivity contribution is -0.139. The Labute approximate surface area is 153 Å². The summed E-state index contributed by atoms with van der Waals surface area (Å²) in [4.78, 5) is 26.5. The number of ether oxygens (including phenoxy) is 1. The first-order valence-corrected chi connectivity index (χ1v) is 10.7. The third kappa shape index (κ3) is 4.35. The number of rotatable bonds is 5. The van der Waals surface area contributed by atoms with E-state index in [1.54, 1.807) is 29.2 Å². The molecule has 0 radical (unpaired) electrons. The molecule has 26 heavy (non-hydrogen) atoms. The molecular weight excluding hydrogens is 356 g/mol. The van der Waals surface area contributed by atoms with Gasteiger partial charge in [-0.25, -0.2) is 13.2 Å². The van der Waals surface area contributed by atoms with Crippen LogP contribution in [-0.4, -0.2) is 55.4 Å². The normalized spacial score (nSPS) is 22.2. The molecule has 0 aromatic heterocycles. The minimum Gasteiger partial charge on any atom is -0.452 e. The molecule has 0 spiro atoms. The number of hydrogen-bond donors (Lipinski definition) is 1. The van der Waals surface area contributed by atoms with Crippen LogP contribution in [0.3, 0.4) is 0 Å². The van der Waals surface area contributed by atoms with Crippen LogP contribution in [0.5, 0.6) is 0 Å². The quantitative estimate of drug-likeness (QED) is 0.611. The Hall–Kier alpha value is -2.09. The van der Waals surface area contributed by atoms with Gasteiger partial charge in [0.1, 0.15) is 0 Å². The lowest BCUT2D eigenvalue weighted by Gasteiger charge is -2.33. The van der Waals surface area contributed by atoms with E-state index >= 15 is 0 Å². The number of benzene rings is 1. The van der Waals surface area contributed by atoms with Gasteiger partial charge in [-0.2, -0.15) is 0 Å². The minimum atomic E-state index is -3.10. The van der Waals surface area contributed by atoms with Crippen molar-refractivity contribution >= 4 is 27.4 Å². The van der Waals surface area contributed by atoms with Crippen LogP contribution >= 0.6 is 0 Å². The lowest BCUT2D eigenvalue weighted by Crippen LogP contribution is -2.48. The van der Waals surface area contributed by atoms with Crippen molar-refractivity contribution < 1.29 is 22.7 Å². The lowest BCUT2D eigenvalue weighted by atomic mass is 10.1. The standard InChI is InChI=1S/C18H24N2O5S/c19-14-7-5-13(6-8-14)18(22)25-11-17(21)20(15-3-1-2-4-15)16-9-10-26(23,24)12-16/h5-8,15-16H,1-4,9-12,19H2/t16-/m0/s1. The van der Waals surface area contributed by atoms with Crippen molar-refractivity contribution in [2.45, 2.75) is 44.2 Å². The Balaban J connectivity index is 1.65. The van der Waals surface area contributed by atoms with Crippen molar-refractivity contribution in [1.29, 1.82) is 0 Å². The van der Waals surface area contributed by atoms with Crippen LogP contribution in [0.25, 0.3) is 0 Å². The Kier molecular flexibility index (Phi) is 5.50. The van der Waals surface area contributed by atoms with Crippen molar-refractivity contribution in [3.05, 3.63) is 29.8 Å². The second-order valence-electron chi connectivity index (χ2n) is 6.99. The highest BCUT2D eigenvalue weighted by Crippen LogP contribution is 2.29. The second kappa shape index (κ2) is 7.65. The fourth-order valence-electron chi connectivity index (χ4n) is 3.79. The first-order chi connectivity index (χ1) is 12.4. The number of nitrogen functional groups attached to an aromatic ring is 1. The number of esters is 1. The number of sulfone groups is 1. The van der Waals surface area contributed by atoms with Crippen LogP contribution in [0.2, 0.25) is 0 Å². The predicted octanol–water partition coefficient (Wildman–Crippen LogP) is 1.38. The molecule has 7 nitrogen and oxygen atoms in total. The zero-order valence-electron chi connectivity index (χ0n) is 14.6. The molecule has 1 aromatic rings. The maximum atomic E-state index is 12.8. The predicted molar refractivity (Wildman–Crippen MR) is 97.3 cm³/mol. The van der Waals surface area contributed by atoms with Crippen LogP contribution in [-0.2, 0) is 19.4 Å². The monoisotopic (exact) mass is 380 g/mol. The molecule has 1 aliphatic heterocycles.